The molecule has 0 aliphatic heterocycles. The molecule has 7 heteroatoms. The lowest BCUT2D eigenvalue weighted by Gasteiger charge is -2.28. The van der Waals surface area contributed by atoms with Crippen molar-refractivity contribution in [2.75, 3.05) is 14.2 Å². The molecule has 0 bridgehead atoms. The van der Waals surface area contributed by atoms with E-state index in [1.165, 1.54) is 10.1 Å². The molecule has 0 spiro atoms. The molecule has 1 amide bonds. The van der Waals surface area contributed by atoms with E-state index in [-0.39, 0.29) is 18.1 Å². The Hall–Kier alpha value is -3.71. The minimum absolute atomic E-state index is 0.0512. The van der Waals surface area contributed by atoms with Gasteiger partial charge < -0.3 is 14.6 Å². The molecule has 4 aromatic rings. The van der Waals surface area contributed by atoms with E-state index in [2.05, 4.69) is 41.7 Å². The molecule has 35 heavy (non-hydrogen) atoms. The summed E-state index contributed by atoms with van der Waals surface area (Å²) in [5.74, 6) is 0.399. The molecule has 0 radical (unpaired) electrons. The van der Waals surface area contributed by atoms with Crippen LogP contribution in [-0.4, -0.2) is 48.8 Å². The van der Waals surface area contributed by atoms with E-state index in [1.54, 1.807) is 32.6 Å². The number of H-pyrrole nitrogens is 1. The van der Waals surface area contributed by atoms with Crippen LogP contribution in [0.4, 0.5) is 0 Å². The zero-order chi connectivity index (χ0) is 25.2. The van der Waals surface area contributed by atoms with Gasteiger partial charge in [-0.1, -0.05) is 61.2 Å². The minimum atomic E-state index is -1.42. The lowest BCUT2D eigenvalue weighted by atomic mass is 9.95. The number of hydrogen-bond acceptors (Lipinski definition) is 4. The maximum Gasteiger partial charge on any atom is 0.256 e. The van der Waals surface area contributed by atoms with Gasteiger partial charge in [0.05, 0.1) is 20.7 Å². The van der Waals surface area contributed by atoms with Crippen LogP contribution in [0.1, 0.15) is 27.5 Å². The van der Waals surface area contributed by atoms with E-state index in [4.69, 9.17) is 4.74 Å². The summed E-state index contributed by atoms with van der Waals surface area (Å²) in [7, 11) is 1.86. The first-order chi connectivity index (χ1) is 16.7. The molecule has 1 atom stereocenters. The number of benzene rings is 2. The summed E-state index contributed by atoms with van der Waals surface area (Å²) < 4.78 is 5.29. The maximum absolute atomic E-state index is 13.7. The number of nitrogens with one attached hydrogen (secondary N) is 1. The Kier molecular flexibility index (Phi) is 6.89. The number of pyridine rings is 1. The smallest absolute Gasteiger partial charge is 0.256 e. The predicted molar refractivity (Wildman–Crippen MR) is 142 cm³/mol. The number of carbonyl (C=O) groups excluding carboxylic acids is 2. The van der Waals surface area contributed by atoms with Gasteiger partial charge in [0.15, 0.2) is 5.78 Å². The second-order valence-electron chi connectivity index (χ2n) is 9.78. The van der Waals surface area contributed by atoms with E-state index >= 15 is 0 Å². The van der Waals surface area contributed by atoms with Gasteiger partial charge in [-0.05, 0) is 35.4 Å². The van der Waals surface area contributed by atoms with E-state index in [0.717, 1.165) is 16.5 Å². The summed E-state index contributed by atoms with van der Waals surface area (Å²) in [6.45, 7) is 6.90. The molecule has 4 rings (SSSR count). The summed E-state index contributed by atoms with van der Waals surface area (Å²) in [6.07, 6.45) is 3.56. The molecule has 1 N–H and O–H groups in total. The number of amides is 1. The van der Waals surface area contributed by atoms with Crippen molar-refractivity contribution in [1.82, 2.24) is 14.9 Å². The number of ketones is 1. The average Bonchev–Trinajstić information content (AvgIpc) is 3.28. The summed E-state index contributed by atoms with van der Waals surface area (Å²) in [5.41, 5.74) is 2.80. The van der Waals surface area contributed by atoms with E-state index < -0.39 is 14.1 Å². The van der Waals surface area contributed by atoms with Gasteiger partial charge in [-0.3, -0.25) is 9.59 Å². The highest BCUT2D eigenvalue weighted by Crippen LogP contribution is 2.28. The predicted octanol–water partition coefficient (Wildman–Crippen LogP) is 4.74. The van der Waals surface area contributed by atoms with Crippen LogP contribution in [-0.2, 0) is 11.2 Å². The minimum Gasteiger partial charge on any atom is -0.497 e. The van der Waals surface area contributed by atoms with Crippen molar-refractivity contribution in [3.8, 4) is 5.75 Å². The first-order valence-corrected chi connectivity index (χ1v) is 15.1. The van der Waals surface area contributed by atoms with Crippen molar-refractivity contribution < 1.29 is 14.3 Å². The standard InChI is InChI=1S/C28H31N3O3Si/c1-31(28(33)24-18-30-27-23(24)7-6-16-29-27)26(20-10-12-21(34-2)13-11-20)25(32)17-19-8-14-22(15-9-19)35(3,4)5/h6-16,18,26H,17H2,1-5H3,(H,29,30). The van der Waals surface area contributed by atoms with Gasteiger partial charge in [-0.15, -0.1) is 0 Å². The van der Waals surface area contributed by atoms with Gasteiger partial charge in [0.25, 0.3) is 5.91 Å². The van der Waals surface area contributed by atoms with Crippen LogP contribution in [0.3, 0.4) is 0 Å². The van der Waals surface area contributed by atoms with Crippen molar-refractivity contribution in [3.63, 3.8) is 0 Å². The number of Topliss-reactive ketones (excluding diaryl/α,β-unsaturated/α-hetero) is 1. The van der Waals surface area contributed by atoms with Gasteiger partial charge >= 0.3 is 0 Å². The molecule has 0 saturated heterocycles. The maximum atomic E-state index is 13.7. The molecule has 2 heterocycles. The molecule has 6 nitrogen and oxygen atoms in total. The normalized spacial score (nSPS) is 12.4. The summed E-state index contributed by atoms with van der Waals surface area (Å²) >= 11 is 0. The van der Waals surface area contributed by atoms with Crippen LogP contribution >= 0.6 is 0 Å². The van der Waals surface area contributed by atoms with Crippen molar-refractivity contribution in [1.29, 1.82) is 0 Å². The second kappa shape index (κ2) is 9.88. The van der Waals surface area contributed by atoms with Crippen LogP contribution in [0.2, 0.25) is 19.6 Å². The first kappa shape index (κ1) is 24.4. The third kappa shape index (κ3) is 5.20. The SMILES string of the molecule is COc1ccc(C(C(=O)Cc2ccc([Si](C)(C)C)cc2)N(C)C(=O)c2c[nH]c3ncccc23)cc1. The van der Waals surface area contributed by atoms with Crippen molar-refractivity contribution in [2.45, 2.75) is 32.1 Å². The van der Waals surface area contributed by atoms with Crippen molar-refractivity contribution in [2.24, 2.45) is 0 Å². The number of nitrogens with zero attached hydrogens (tertiary/aromatic N) is 2. The fourth-order valence-corrected chi connectivity index (χ4v) is 5.44. The lowest BCUT2D eigenvalue weighted by Crippen LogP contribution is -2.38. The van der Waals surface area contributed by atoms with Crippen LogP contribution < -0.4 is 9.92 Å². The van der Waals surface area contributed by atoms with Crippen LogP contribution in [0.25, 0.3) is 11.0 Å². The molecule has 0 fully saturated rings. The molecule has 1 unspecified atom stereocenters. The topological polar surface area (TPSA) is 75.3 Å². The number of fused-ring (bicyclic) bond motifs is 1. The number of aromatic amines is 1. The van der Waals surface area contributed by atoms with Crippen LogP contribution in [0.15, 0.2) is 73.1 Å². The number of hydrogen-bond donors (Lipinski definition) is 1. The molecule has 2 aromatic carbocycles. The van der Waals surface area contributed by atoms with Crippen LogP contribution in [0, 0.1) is 0 Å². The Morgan fingerprint density at radius 3 is 2.34 bits per heavy atom. The highest BCUT2D eigenvalue weighted by atomic mass is 28.3. The zero-order valence-electron chi connectivity index (χ0n) is 20.8. The van der Waals surface area contributed by atoms with Gasteiger partial charge in [0, 0.05) is 31.2 Å². The number of rotatable bonds is 8. The van der Waals surface area contributed by atoms with Crippen LogP contribution in [0.5, 0.6) is 5.75 Å². The summed E-state index contributed by atoms with van der Waals surface area (Å²) in [6, 6.07) is 18.5. The van der Waals surface area contributed by atoms with Gasteiger partial charge in [0.2, 0.25) is 0 Å². The third-order valence-corrected chi connectivity index (χ3v) is 8.39. The summed E-state index contributed by atoms with van der Waals surface area (Å²) in [4.78, 5) is 36.1. The van der Waals surface area contributed by atoms with E-state index in [9.17, 15) is 9.59 Å². The number of methoxy groups -OCH3 is 1. The second-order valence-corrected chi connectivity index (χ2v) is 14.9. The largest absolute Gasteiger partial charge is 0.497 e. The average molecular weight is 486 g/mol. The van der Waals surface area contributed by atoms with E-state index in [0.29, 0.717) is 17.0 Å². The Labute approximate surface area is 207 Å². The van der Waals surface area contributed by atoms with Gasteiger partial charge in [0.1, 0.15) is 17.4 Å². The molecule has 2 aromatic heterocycles. The van der Waals surface area contributed by atoms with Crippen molar-refractivity contribution in [3.05, 3.63) is 89.7 Å². The lowest BCUT2D eigenvalue weighted by molar-refractivity contribution is -0.122. The Morgan fingerprint density at radius 2 is 1.71 bits per heavy atom. The molecule has 0 aliphatic rings. The molecular formula is C28H31N3O3Si. The number of likely N-dealkylation sites (N-methyl/N-ethyl adjacent to an activating group) is 1. The fraction of sp³-hybridized carbons (Fsp3) is 0.250. The quantitative estimate of drug-likeness (QED) is 0.366. The number of carbonyl (C=O) groups is 2. The Morgan fingerprint density at radius 1 is 1.03 bits per heavy atom. The monoisotopic (exact) mass is 485 g/mol. The molecular weight excluding hydrogens is 454 g/mol. The Balaban J connectivity index is 1.66. The third-order valence-electron chi connectivity index (χ3n) is 6.32. The van der Waals surface area contributed by atoms with Crippen molar-refractivity contribution >= 4 is 36.0 Å². The van der Waals surface area contributed by atoms with E-state index in [1.807, 2.05) is 42.5 Å². The Bertz CT molecular complexity index is 1340. The molecule has 0 saturated carbocycles. The summed E-state index contributed by atoms with van der Waals surface area (Å²) in [5, 5.41) is 2.08. The highest BCUT2D eigenvalue weighted by molar-refractivity contribution is 6.88. The fourth-order valence-electron chi connectivity index (χ4n) is 4.27. The number of ether oxygens (including phenoxy) is 1. The first-order valence-electron chi connectivity index (χ1n) is 11.6. The highest BCUT2D eigenvalue weighted by Gasteiger charge is 2.30. The number of aromatic nitrogens is 2. The van der Waals surface area contributed by atoms with Gasteiger partial charge in [-0.2, -0.15) is 0 Å². The molecule has 180 valence electrons. The zero-order valence-corrected chi connectivity index (χ0v) is 21.8. The molecule has 0 aliphatic carbocycles. The van der Waals surface area contributed by atoms with Gasteiger partial charge in [-0.25, -0.2) is 4.98 Å².